The summed E-state index contributed by atoms with van der Waals surface area (Å²) in [5.74, 6) is -0.900. The highest BCUT2D eigenvalue weighted by molar-refractivity contribution is 5.98. The third-order valence-corrected chi connectivity index (χ3v) is 5.21. The van der Waals surface area contributed by atoms with Gasteiger partial charge >= 0.3 is 5.97 Å². The number of H-pyrrole nitrogens is 1. The predicted molar refractivity (Wildman–Crippen MR) is 108 cm³/mol. The fourth-order valence-corrected chi connectivity index (χ4v) is 3.96. The lowest BCUT2D eigenvalue weighted by Crippen LogP contribution is -2.06. The van der Waals surface area contributed by atoms with Crippen LogP contribution >= 0.6 is 0 Å². The monoisotopic (exact) mass is 379 g/mol. The van der Waals surface area contributed by atoms with Gasteiger partial charge in [0.05, 0.1) is 17.2 Å². The molecular formula is C22H22FN3O2. The van der Waals surface area contributed by atoms with Crippen LogP contribution in [-0.4, -0.2) is 25.8 Å². The van der Waals surface area contributed by atoms with Crippen LogP contribution in [0.1, 0.15) is 43.0 Å². The molecule has 2 heterocycles. The first kappa shape index (κ1) is 18.2. The van der Waals surface area contributed by atoms with Crippen LogP contribution in [0.15, 0.2) is 36.5 Å². The molecule has 5 nitrogen and oxygen atoms in total. The molecule has 4 aromatic rings. The Hall–Kier alpha value is -3.15. The standard InChI is InChI=1S/C22H22FN3O2/c1-12(2)22-16(5-7-21(27)28)17-10-19-14(11-24-25-19)9-20(17)26(22)15-4-6-18(23)13(3)8-15/h4,6,8-12H,5,7H2,1-3H3,(H,24,25)(H,27,28). The highest BCUT2D eigenvalue weighted by atomic mass is 19.1. The van der Waals surface area contributed by atoms with Crippen molar-refractivity contribution < 1.29 is 14.3 Å². The van der Waals surface area contributed by atoms with Gasteiger partial charge in [-0.1, -0.05) is 13.8 Å². The Balaban J connectivity index is 2.09. The summed E-state index contributed by atoms with van der Waals surface area (Å²) in [7, 11) is 0. The van der Waals surface area contributed by atoms with Gasteiger partial charge in [-0.2, -0.15) is 5.10 Å². The Morgan fingerprint density at radius 3 is 2.75 bits per heavy atom. The molecule has 0 amide bonds. The van der Waals surface area contributed by atoms with Gasteiger partial charge in [-0.05, 0) is 60.7 Å². The number of nitrogens with one attached hydrogen (secondary N) is 1. The molecular weight excluding hydrogens is 357 g/mol. The Morgan fingerprint density at radius 1 is 1.29 bits per heavy atom. The van der Waals surface area contributed by atoms with Gasteiger partial charge in [-0.15, -0.1) is 0 Å². The number of benzene rings is 2. The number of rotatable bonds is 5. The maximum Gasteiger partial charge on any atom is 0.303 e. The Bertz CT molecular complexity index is 1200. The fourth-order valence-electron chi connectivity index (χ4n) is 3.96. The highest BCUT2D eigenvalue weighted by Crippen LogP contribution is 2.37. The highest BCUT2D eigenvalue weighted by Gasteiger charge is 2.22. The molecule has 0 saturated heterocycles. The van der Waals surface area contributed by atoms with Crippen molar-refractivity contribution in [1.82, 2.24) is 14.8 Å². The van der Waals surface area contributed by atoms with E-state index in [9.17, 15) is 14.3 Å². The van der Waals surface area contributed by atoms with E-state index in [1.54, 1.807) is 19.2 Å². The van der Waals surface area contributed by atoms with Gasteiger partial charge in [-0.3, -0.25) is 9.89 Å². The number of hydrogen-bond acceptors (Lipinski definition) is 2. The maximum absolute atomic E-state index is 13.9. The first-order valence-electron chi connectivity index (χ1n) is 9.35. The van der Waals surface area contributed by atoms with Gasteiger partial charge in [-0.25, -0.2) is 4.39 Å². The third-order valence-electron chi connectivity index (χ3n) is 5.21. The number of halogens is 1. The zero-order valence-corrected chi connectivity index (χ0v) is 16.1. The molecule has 0 aliphatic heterocycles. The second-order valence-corrected chi connectivity index (χ2v) is 7.51. The molecule has 0 aliphatic rings. The van der Waals surface area contributed by atoms with Gasteiger partial charge in [0.25, 0.3) is 0 Å². The van der Waals surface area contributed by atoms with Crippen LogP contribution in [0.4, 0.5) is 4.39 Å². The number of aromatic nitrogens is 3. The van der Waals surface area contributed by atoms with Crippen molar-refractivity contribution in [2.45, 2.75) is 39.5 Å². The summed E-state index contributed by atoms with van der Waals surface area (Å²) in [6.07, 6.45) is 2.27. The van der Waals surface area contributed by atoms with E-state index in [0.717, 1.165) is 38.8 Å². The minimum Gasteiger partial charge on any atom is -0.481 e. The number of carboxylic acid groups (broad SMARTS) is 1. The Labute approximate surface area is 161 Å². The lowest BCUT2D eigenvalue weighted by Gasteiger charge is -2.16. The van der Waals surface area contributed by atoms with E-state index in [-0.39, 0.29) is 18.2 Å². The average molecular weight is 379 g/mol. The average Bonchev–Trinajstić information content (AvgIpc) is 3.22. The first-order chi connectivity index (χ1) is 13.4. The maximum atomic E-state index is 13.9. The Kier molecular flexibility index (Phi) is 4.41. The smallest absolute Gasteiger partial charge is 0.303 e. The SMILES string of the molecule is Cc1cc(-n2c(C(C)C)c(CCC(=O)O)c3cc4[nH]ncc4cc32)ccc1F. The summed E-state index contributed by atoms with van der Waals surface area (Å²) in [5, 5.41) is 18.3. The number of carbonyl (C=O) groups is 1. The summed E-state index contributed by atoms with van der Waals surface area (Å²) in [5.41, 5.74) is 5.41. The summed E-state index contributed by atoms with van der Waals surface area (Å²) in [6, 6.07) is 9.18. The van der Waals surface area contributed by atoms with Crippen molar-refractivity contribution in [2.24, 2.45) is 0 Å². The molecule has 0 bridgehead atoms. The molecule has 0 fully saturated rings. The number of aliphatic carboxylic acids is 1. The molecule has 2 N–H and O–H groups in total. The number of hydrogen-bond donors (Lipinski definition) is 2. The predicted octanol–water partition coefficient (Wildman–Crippen LogP) is 5.09. The molecule has 28 heavy (non-hydrogen) atoms. The van der Waals surface area contributed by atoms with Crippen LogP contribution in [0.2, 0.25) is 0 Å². The first-order valence-corrected chi connectivity index (χ1v) is 9.35. The van der Waals surface area contributed by atoms with Crippen molar-refractivity contribution >= 4 is 27.8 Å². The fraction of sp³-hybridized carbons (Fsp3) is 0.273. The normalized spacial score (nSPS) is 11.8. The molecule has 144 valence electrons. The minimum atomic E-state index is -0.823. The van der Waals surface area contributed by atoms with Crippen molar-refractivity contribution in [1.29, 1.82) is 0 Å². The van der Waals surface area contributed by atoms with Crippen molar-refractivity contribution in [2.75, 3.05) is 0 Å². The van der Waals surface area contributed by atoms with Gasteiger partial charge in [0, 0.05) is 28.6 Å². The van der Waals surface area contributed by atoms with Crippen LogP contribution in [0, 0.1) is 12.7 Å². The number of carboxylic acids is 1. The third kappa shape index (κ3) is 2.95. The van der Waals surface area contributed by atoms with E-state index in [2.05, 4.69) is 34.7 Å². The van der Waals surface area contributed by atoms with Gasteiger partial charge in [0.2, 0.25) is 0 Å². The topological polar surface area (TPSA) is 70.9 Å². The van der Waals surface area contributed by atoms with E-state index in [1.165, 1.54) is 6.07 Å². The summed E-state index contributed by atoms with van der Waals surface area (Å²) >= 11 is 0. The van der Waals surface area contributed by atoms with Gasteiger partial charge in [0.1, 0.15) is 5.82 Å². The molecule has 0 aliphatic carbocycles. The lowest BCUT2D eigenvalue weighted by molar-refractivity contribution is -0.136. The molecule has 0 atom stereocenters. The quantitative estimate of drug-likeness (QED) is 0.507. The molecule has 2 aromatic carbocycles. The van der Waals surface area contributed by atoms with Crippen LogP contribution in [-0.2, 0) is 11.2 Å². The van der Waals surface area contributed by atoms with Crippen molar-refractivity contribution in [3.05, 3.63) is 59.2 Å². The molecule has 0 spiro atoms. The zero-order valence-electron chi connectivity index (χ0n) is 16.1. The van der Waals surface area contributed by atoms with E-state index < -0.39 is 5.97 Å². The van der Waals surface area contributed by atoms with E-state index >= 15 is 0 Å². The molecule has 0 radical (unpaired) electrons. The second-order valence-electron chi connectivity index (χ2n) is 7.51. The number of fused-ring (bicyclic) bond motifs is 2. The van der Waals surface area contributed by atoms with E-state index in [4.69, 9.17) is 0 Å². The van der Waals surface area contributed by atoms with Crippen molar-refractivity contribution in [3.8, 4) is 5.69 Å². The van der Waals surface area contributed by atoms with E-state index in [1.807, 2.05) is 12.1 Å². The second kappa shape index (κ2) is 6.78. The van der Waals surface area contributed by atoms with E-state index in [0.29, 0.717) is 12.0 Å². The van der Waals surface area contributed by atoms with Crippen LogP contribution < -0.4 is 0 Å². The number of aryl methyl sites for hydroxylation is 2. The van der Waals surface area contributed by atoms with Gasteiger partial charge < -0.3 is 9.67 Å². The Morgan fingerprint density at radius 2 is 2.07 bits per heavy atom. The number of aromatic amines is 1. The lowest BCUT2D eigenvalue weighted by atomic mass is 9.99. The molecule has 6 heteroatoms. The minimum absolute atomic E-state index is 0.0578. The van der Waals surface area contributed by atoms with Crippen LogP contribution in [0.5, 0.6) is 0 Å². The molecule has 0 saturated carbocycles. The van der Waals surface area contributed by atoms with Crippen molar-refractivity contribution in [3.63, 3.8) is 0 Å². The van der Waals surface area contributed by atoms with Crippen LogP contribution in [0.25, 0.3) is 27.5 Å². The molecule has 0 unspecified atom stereocenters. The van der Waals surface area contributed by atoms with Gasteiger partial charge in [0.15, 0.2) is 0 Å². The number of nitrogens with zero attached hydrogens (tertiary/aromatic N) is 2. The van der Waals surface area contributed by atoms with Crippen LogP contribution in [0.3, 0.4) is 0 Å². The summed E-state index contributed by atoms with van der Waals surface area (Å²) in [6.45, 7) is 5.94. The molecule has 2 aromatic heterocycles. The zero-order chi connectivity index (χ0) is 20.0. The largest absolute Gasteiger partial charge is 0.481 e. The molecule has 4 rings (SSSR count). The summed E-state index contributed by atoms with van der Waals surface area (Å²) in [4.78, 5) is 11.3. The summed E-state index contributed by atoms with van der Waals surface area (Å²) < 4.78 is 16.0.